The minimum absolute atomic E-state index is 0.532. The van der Waals surface area contributed by atoms with E-state index in [2.05, 4.69) is 60.6 Å². The molecule has 0 amide bonds. The van der Waals surface area contributed by atoms with Crippen molar-refractivity contribution in [3.05, 3.63) is 41.1 Å². The number of anilines is 3. The highest BCUT2D eigenvalue weighted by Gasteiger charge is 2.20. The topological polar surface area (TPSA) is 53.1 Å². The summed E-state index contributed by atoms with van der Waals surface area (Å²) in [5, 5.41) is 6.82. The van der Waals surface area contributed by atoms with Crippen LogP contribution in [0.5, 0.6) is 0 Å². The van der Waals surface area contributed by atoms with Crippen molar-refractivity contribution < 1.29 is 0 Å². The van der Waals surface area contributed by atoms with Crippen molar-refractivity contribution in [3.8, 4) is 0 Å². The highest BCUT2D eigenvalue weighted by molar-refractivity contribution is 5.57. The fraction of sp³-hybridized carbons (Fsp3) is 0.524. The van der Waals surface area contributed by atoms with Crippen LogP contribution in [0, 0.1) is 13.8 Å². The van der Waals surface area contributed by atoms with Gasteiger partial charge in [-0.2, -0.15) is 4.98 Å². The Morgan fingerprint density at radius 1 is 1.15 bits per heavy atom. The van der Waals surface area contributed by atoms with Crippen LogP contribution in [0.2, 0.25) is 0 Å². The second-order valence-electron chi connectivity index (χ2n) is 7.29. The van der Waals surface area contributed by atoms with Crippen LogP contribution < -0.4 is 15.5 Å². The fourth-order valence-electron chi connectivity index (χ4n) is 3.45. The Morgan fingerprint density at radius 3 is 2.73 bits per heavy atom. The molecular formula is C21H31N5. The lowest BCUT2D eigenvalue weighted by molar-refractivity contribution is 0.447. The third-order valence-corrected chi connectivity index (χ3v) is 5.19. The van der Waals surface area contributed by atoms with Crippen molar-refractivity contribution in [1.82, 2.24) is 15.3 Å². The Kier molecular flexibility index (Phi) is 6.09. The van der Waals surface area contributed by atoms with Gasteiger partial charge in [-0.1, -0.05) is 19.4 Å². The number of nitrogens with one attached hydrogen (secondary N) is 2. The van der Waals surface area contributed by atoms with Crippen LogP contribution in [-0.4, -0.2) is 36.1 Å². The lowest BCUT2D eigenvalue weighted by atomic mass is 10.1. The van der Waals surface area contributed by atoms with Gasteiger partial charge in [-0.15, -0.1) is 0 Å². The molecule has 0 aliphatic carbocycles. The number of rotatable bonds is 6. The Bertz CT molecular complexity index is 743. The van der Waals surface area contributed by atoms with Crippen molar-refractivity contribution in [2.24, 2.45) is 0 Å². The first-order valence-electron chi connectivity index (χ1n) is 9.73. The fourth-order valence-corrected chi connectivity index (χ4v) is 3.45. The summed E-state index contributed by atoms with van der Waals surface area (Å²) in [7, 11) is 2.05. The summed E-state index contributed by atoms with van der Waals surface area (Å²) >= 11 is 0. The molecule has 1 saturated heterocycles. The number of hydrogen-bond donors (Lipinski definition) is 2. The molecule has 5 nitrogen and oxygen atoms in total. The van der Waals surface area contributed by atoms with E-state index in [1.165, 1.54) is 24.0 Å². The van der Waals surface area contributed by atoms with Gasteiger partial charge in [0.1, 0.15) is 5.82 Å². The average Bonchev–Trinajstić information content (AvgIpc) is 2.65. The van der Waals surface area contributed by atoms with E-state index in [1.54, 1.807) is 0 Å². The zero-order valence-electron chi connectivity index (χ0n) is 16.5. The van der Waals surface area contributed by atoms with Crippen molar-refractivity contribution in [3.63, 3.8) is 0 Å². The summed E-state index contributed by atoms with van der Waals surface area (Å²) < 4.78 is 0. The molecular weight excluding hydrogens is 322 g/mol. The van der Waals surface area contributed by atoms with Gasteiger partial charge in [-0.3, -0.25) is 0 Å². The third-order valence-electron chi connectivity index (χ3n) is 5.19. The molecule has 0 spiro atoms. The van der Waals surface area contributed by atoms with Crippen LogP contribution in [0.25, 0.3) is 0 Å². The van der Waals surface area contributed by atoms with E-state index >= 15 is 0 Å². The number of likely N-dealkylation sites (N-methyl/N-ethyl adjacent to an activating group) is 1. The lowest BCUT2D eigenvalue weighted by Gasteiger charge is -2.33. The van der Waals surface area contributed by atoms with Crippen LogP contribution in [0.15, 0.2) is 24.3 Å². The molecule has 1 atom stereocenters. The van der Waals surface area contributed by atoms with Crippen LogP contribution in [0.4, 0.5) is 17.5 Å². The highest BCUT2D eigenvalue weighted by atomic mass is 15.2. The Hall–Kier alpha value is -2.14. The van der Waals surface area contributed by atoms with Gasteiger partial charge in [0.05, 0.1) is 0 Å². The predicted octanol–water partition coefficient (Wildman–Crippen LogP) is 3.98. The van der Waals surface area contributed by atoms with Gasteiger partial charge in [0, 0.05) is 36.6 Å². The van der Waals surface area contributed by atoms with Gasteiger partial charge in [0.25, 0.3) is 0 Å². The van der Waals surface area contributed by atoms with E-state index in [4.69, 9.17) is 9.97 Å². The molecule has 5 heteroatoms. The van der Waals surface area contributed by atoms with Gasteiger partial charge >= 0.3 is 0 Å². The molecule has 2 heterocycles. The maximum absolute atomic E-state index is 4.83. The Balaban J connectivity index is 1.86. The predicted molar refractivity (Wildman–Crippen MR) is 110 cm³/mol. The molecule has 3 rings (SSSR count). The van der Waals surface area contributed by atoms with Crippen molar-refractivity contribution >= 4 is 17.5 Å². The quantitative estimate of drug-likeness (QED) is 0.823. The lowest BCUT2D eigenvalue weighted by Crippen LogP contribution is -2.44. The van der Waals surface area contributed by atoms with Crippen molar-refractivity contribution in [2.75, 3.05) is 30.4 Å². The second-order valence-corrected chi connectivity index (χ2v) is 7.29. The maximum atomic E-state index is 4.83. The Labute approximate surface area is 157 Å². The molecule has 0 radical (unpaired) electrons. The summed E-state index contributed by atoms with van der Waals surface area (Å²) in [5.74, 6) is 1.73. The summed E-state index contributed by atoms with van der Waals surface area (Å²) in [6.07, 6.45) is 4.48. The molecule has 0 bridgehead atoms. The van der Waals surface area contributed by atoms with E-state index in [0.717, 1.165) is 43.1 Å². The number of aromatic nitrogens is 2. The Morgan fingerprint density at radius 2 is 2.00 bits per heavy atom. The van der Waals surface area contributed by atoms with Crippen molar-refractivity contribution in [2.45, 2.75) is 52.5 Å². The number of aryl methyl sites for hydroxylation is 3. The zero-order valence-corrected chi connectivity index (χ0v) is 16.5. The van der Waals surface area contributed by atoms with Gasteiger partial charge in [-0.05, 0) is 63.4 Å². The molecule has 1 aliphatic heterocycles. The smallest absolute Gasteiger partial charge is 0.229 e. The highest BCUT2D eigenvalue weighted by Crippen LogP contribution is 2.23. The summed E-state index contributed by atoms with van der Waals surface area (Å²) in [6.45, 7) is 8.51. The molecule has 2 N–H and O–H groups in total. The van der Waals surface area contributed by atoms with Gasteiger partial charge in [0.15, 0.2) is 0 Å². The van der Waals surface area contributed by atoms with Crippen LogP contribution in [-0.2, 0) is 6.42 Å². The van der Waals surface area contributed by atoms with E-state index in [9.17, 15) is 0 Å². The molecule has 0 unspecified atom stereocenters. The number of piperidine rings is 1. The van der Waals surface area contributed by atoms with Gasteiger partial charge < -0.3 is 15.5 Å². The average molecular weight is 354 g/mol. The minimum atomic E-state index is 0.532. The molecule has 2 aromatic rings. The van der Waals surface area contributed by atoms with E-state index in [1.807, 2.05) is 7.05 Å². The normalized spacial score (nSPS) is 17.4. The standard InChI is InChI=1S/C21H31N5/c1-5-7-17-13-20(26-11-6-8-19(14-26)22-4)25-21(23-17)24-18-10-9-15(2)16(3)12-18/h9-10,12-13,19,22H,5-8,11,14H2,1-4H3,(H,23,24,25)/t19-/m1/s1. The maximum Gasteiger partial charge on any atom is 0.229 e. The van der Waals surface area contributed by atoms with Gasteiger partial charge in [0.2, 0.25) is 5.95 Å². The molecule has 1 fully saturated rings. The second kappa shape index (κ2) is 8.49. The van der Waals surface area contributed by atoms with Crippen LogP contribution in [0.3, 0.4) is 0 Å². The molecule has 0 saturated carbocycles. The summed E-state index contributed by atoms with van der Waals surface area (Å²) in [6, 6.07) is 9.08. The molecule has 1 aromatic heterocycles. The number of benzene rings is 1. The number of nitrogens with zero attached hydrogens (tertiary/aromatic N) is 3. The van der Waals surface area contributed by atoms with E-state index < -0.39 is 0 Å². The van der Waals surface area contributed by atoms with Crippen molar-refractivity contribution in [1.29, 1.82) is 0 Å². The first kappa shape index (κ1) is 18.6. The van der Waals surface area contributed by atoms with E-state index in [-0.39, 0.29) is 0 Å². The molecule has 140 valence electrons. The first-order chi connectivity index (χ1) is 12.6. The SMILES string of the molecule is CCCc1cc(N2CCC[C@@H](NC)C2)nc(Nc2ccc(C)c(C)c2)n1. The molecule has 1 aliphatic rings. The molecule has 1 aromatic carbocycles. The monoisotopic (exact) mass is 353 g/mol. The summed E-state index contributed by atoms with van der Waals surface area (Å²) in [5.41, 5.74) is 4.71. The number of hydrogen-bond acceptors (Lipinski definition) is 5. The molecule has 26 heavy (non-hydrogen) atoms. The van der Waals surface area contributed by atoms with Crippen LogP contribution in [0.1, 0.15) is 43.0 Å². The third kappa shape index (κ3) is 4.52. The van der Waals surface area contributed by atoms with Gasteiger partial charge in [-0.25, -0.2) is 4.98 Å². The van der Waals surface area contributed by atoms with Crippen LogP contribution >= 0.6 is 0 Å². The largest absolute Gasteiger partial charge is 0.355 e. The minimum Gasteiger partial charge on any atom is -0.355 e. The first-order valence-corrected chi connectivity index (χ1v) is 9.73. The van der Waals surface area contributed by atoms with E-state index in [0.29, 0.717) is 12.0 Å². The zero-order chi connectivity index (χ0) is 18.5. The summed E-state index contributed by atoms with van der Waals surface area (Å²) in [4.78, 5) is 12.0.